The van der Waals surface area contributed by atoms with Crippen molar-refractivity contribution in [3.8, 4) is 0 Å². The Kier molecular flexibility index (Phi) is 2.21. The topological polar surface area (TPSA) is 12.9 Å². The molecule has 0 atom stereocenters. The molecule has 1 aromatic rings. The largest absolute Gasteiger partial charge is 0.264 e. The number of fused-ring (bicyclic) bond motifs is 1. The summed E-state index contributed by atoms with van der Waals surface area (Å²) in [6.07, 6.45) is 13.4. The molecule has 62 valence electrons. The summed E-state index contributed by atoms with van der Waals surface area (Å²) in [5.74, 6) is 0. The minimum Gasteiger partial charge on any atom is -0.264 e. The molecule has 0 saturated carbocycles. The van der Waals surface area contributed by atoms with Gasteiger partial charge >= 0.3 is 0 Å². The average molecular weight is 159 g/mol. The minimum atomic E-state index is 1.19. The first-order valence-corrected chi connectivity index (χ1v) is 4.56. The average Bonchev–Trinajstić information content (AvgIpc) is 2.06. The van der Waals surface area contributed by atoms with Crippen LogP contribution in [-0.4, -0.2) is 4.98 Å². The molecule has 0 spiro atoms. The van der Waals surface area contributed by atoms with Crippen molar-refractivity contribution in [2.24, 2.45) is 0 Å². The molecule has 0 aromatic carbocycles. The molecule has 0 radical (unpaired) electrons. The number of allylic oxidation sites excluding steroid dienone is 1. The van der Waals surface area contributed by atoms with Crippen molar-refractivity contribution in [1.82, 2.24) is 4.98 Å². The van der Waals surface area contributed by atoms with E-state index in [1.807, 2.05) is 12.4 Å². The van der Waals surface area contributed by atoms with Crippen LogP contribution in [0.1, 0.15) is 30.4 Å². The van der Waals surface area contributed by atoms with Crippen LogP contribution in [0.4, 0.5) is 0 Å². The highest BCUT2D eigenvalue weighted by molar-refractivity contribution is 5.53. The molecular formula is C11H13N. The summed E-state index contributed by atoms with van der Waals surface area (Å²) < 4.78 is 0. The van der Waals surface area contributed by atoms with E-state index < -0.39 is 0 Å². The van der Waals surface area contributed by atoms with Gasteiger partial charge in [-0.15, -0.1) is 0 Å². The van der Waals surface area contributed by atoms with Gasteiger partial charge in [-0.05, 0) is 42.9 Å². The maximum atomic E-state index is 4.14. The van der Waals surface area contributed by atoms with Gasteiger partial charge in [0.15, 0.2) is 0 Å². The van der Waals surface area contributed by atoms with Crippen LogP contribution in [0.3, 0.4) is 0 Å². The van der Waals surface area contributed by atoms with Crippen molar-refractivity contribution >= 4 is 6.08 Å². The van der Waals surface area contributed by atoms with E-state index in [2.05, 4.69) is 23.2 Å². The third kappa shape index (κ3) is 1.55. The summed E-state index contributed by atoms with van der Waals surface area (Å²) in [4.78, 5) is 4.14. The monoisotopic (exact) mass is 159 g/mol. The van der Waals surface area contributed by atoms with Gasteiger partial charge in [0.05, 0.1) is 0 Å². The van der Waals surface area contributed by atoms with E-state index in [-0.39, 0.29) is 0 Å². The van der Waals surface area contributed by atoms with Gasteiger partial charge in [0, 0.05) is 12.4 Å². The Bertz CT molecular complexity index is 289. The molecule has 1 aromatic heterocycles. The Morgan fingerprint density at radius 3 is 3.25 bits per heavy atom. The molecule has 0 unspecified atom stereocenters. The van der Waals surface area contributed by atoms with Gasteiger partial charge in [0.2, 0.25) is 0 Å². The molecule has 1 heteroatoms. The van der Waals surface area contributed by atoms with Gasteiger partial charge in [-0.2, -0.15) is 0 Å². The number of nitrogens with zero attached hydrogens (tertiary/aromatic N) is 1. The lowest BCUT2D eigenvalue weighted by Gasteiger charge is -2.07. The van der Waals surface area contributed by atoms with Gasteiger partial charge in [-0.25, -0.2) is 0 Å². The molecule has 2 rings (SSSR count). The lowest BCUT2D eigenvalue weighted by molar-refractivity contribution is 0.741. The van der Waals surface area contributed by atoms with E-state index in [0.29, 0.717) is 0 Å². The van der Waals surface area contributed by atoms with Crippen LogP contribution >= 0.6 is 0 Å². The molecule has 0 fully saturated rings. The fourth-order valence-corrected chi connectivity index (χ4v) is 1.60. The molecular weight excluding hydrogens is 146 g/mol. The standard InChI is InChI=1S/C11H13N/c1-2-4-6-11-9-12-8-7-10(11)5-3-1/h3,5,7-9H,1-2,4,6H2. The van der Waals surface area contributed by atoms with E-state index >= 15 is 0 Å². The third-order valence-electron chi connectivity index (χ3n) is 2.31. The van der Waals surface area contributed by atoms with Crippen molar-refractivity contribution < 1.29 is 0 Å². The van der Waals surface area contributed by atoms with Crippen LogP contribution in [0, 0.1) is 0 Å². The smallest absolute Gasteiger partial charge is 0.0305 e. The molecule has 0 aliphatic heterocycles. The maximum absolute atomic E-state index is 4.14. The fourth-order valence-electron chi connectivity index (χ4n) is 1.60. The lowest BCUT2D eigenvalue weighted by atomic mass is 10.00. The van der Waals surface area contributed by atoms with E-state index in [0.717, 1.165) is 0 Å². The van der Waals surface area contributed by atoms with E-state index in [1.165, 1.54) is 36.8 Å². The normalized spacial score (nSPS) is 16.3. The Balaban J connectivity index is 2.36. The molecule has 0 saturated heterocycles. The van der Waals surface area contributed by atoms with Gasteiger partial charge < -0.3 is 0 Å². The van der Waals surface area contributed by atoms with E-state index in [4.69, 9.17) is 0 Å². The Labute approximate surface area is 73.1 Å². The molecule has 0 N–H and O–H groups in total. The first kappa shape index (κ1) is 7.53. The summed E-state index contributed by atoms with van der Waals surface area (Å²) in [5.41, 5.74) is 2.75. The van der Waals surface area contributed by atoms with Crippen LogP contribution < -0.4 is 0 Å². The molecule has 0 bridgehead atoms. The number of pyridine rings is 1. The predicted molar refractivity (Wildman–Crippen MR) is 50.8 cm³/mol. The van der Waals surface area contributed by atoms with Crippen molar-refractivity contribution in [3.63, 3.8) is 0 Å². The second-order valence-corrected chi connectivity index (χ2v) is 3.22. The zero-order valence-electron chi connectivity index (χ0n) is 7.16. The summed E-state index contributed by atoms with van der Waals surface area (Å²) in [7, 11) is 0. The maximum Gasteiger partial charge on any atom is 0.0305 e. The number of rotatable bonds is 0. The van der Waals surface area contributed by atoms with Gasteiger partial charge in [0.1, 0.15) is 0 Å². The second kappa shape index (κ2) is 3.53. The zero-order chi connectivity index (χ0) is 8.23. The Morgan fingerprint density at radius 1 is 1.25 bits per heavy atom. The summed E-state index contributed by atoms with van der Waals surface area (Å²) in [6, 6.07) is 2.09. The molecule has 1 aliphatic carbocycles. The van der Waals surface area contributed by atoms with Crippen molar-refractivity contribution in [3.05, 3.63) is 35.7 Å². The van der Waals surface area contributed by atoms with Crippen LogP contribution in [0.25, 0.3) is 6.08 Å². The predicted octanol–water partition coefficient (Wildman–Crippen LogP) is 2.82. The highest BCUT2D eigenvalue weighted by Gasteiger charge is 2.01. The minimum absolute atomic E-state index is 1.19. The molecule has 1 heterocycles. The van der Waals surface area contributed by atoms with E-state index in [1.54, 1.807) is 0 Å². The molecule has 1 aliphatic rings. The number of aromatic nitrogens is 1. The number of aryl methyl sites for hydroxylation is 1. The molecule has 1 nitrogen and oxygen atoms in total. The molecule has 0 amide bonds. The van der Waals surface area contributed by atoms with Crippen LogP contribution in [-0.2, 0) is 6.42 Å². The van der Waals surface area contributed by atoms with Crippen LogP contribution in [0.5, 0.6) is 0 Å². The summed E-state index contributed by atoms with van der Waals surface area (Å²) >= 11 is 0. The Morgan fingerprint density at radius 2 is 2.25 bits per heavy atom. The Hall–Kier alpha value is -1.11. The highest BCUT2D eigenvalue weighted by Crippen LogP contribution is 2.16. The first-order chi connectivity index (χ1) is 5.97. The van der Waals surface area contributed by atoms with Crippen molar-refractivity contribution in [2.75, 3.05) is 0 Å². The summed E-state index contributed by atoms with van der Waals surface area (Å²) in [5, 5.41) is 0. The number of hydrogen-bond acceptors (Lipinski definition) is 1. The zero-order valence-corrected chi connectivity index (χ0v) is 7.16. The van der Waals surface area contributed by atoms with Gasteiger partial charge in [-0.3, -0.25) is 4.98 Å². The SMILES string of the molecule is C1=Cc2ccncc2CCCC1. The van der Waals surface area contributed by atoms with Crippen LogP contribution in [0.15, 0.2) is 24.5 Å². The van der Waals surface area contributed by atoms with E-state index in [9.17, 15) is 0 Å². The van der Waals surface area contributed by atoms with Crippen LogP contribution in [0.2, 0.25) is 0 Å². The number of hydrogen-bond donors (Lipinski definition) is 0. The fraction of sp³-hybridized carbons (Fsp3) is 0.364. The highest BCUT2D eigenvalue weighted by atomic mass is 14.6. The van der Waals surface area contributed by atoms with Gasteiger partial charge in [0.25, 0.3) is 0 Å². The third-order valence-corrected chi connectivity index (χ3v) is 2.31. The first-order valence-electron chi connectivity index (χ1n) is 4.56. The lowest BCUT2D eigenvalue weighted by Crippen LogP contribution is -1.93. The molecule has 12 heavy (non-hydrogen) atoms. The second-order valence-electron chi connectivity index (χ2n) is 3.22. The quantitative estimate of drug-likeness (QED) is 0.567. The van der Waals surface area contributed by atoms with Crippen molar-refractivity contribution in [2.45, 2.75) is 25.7 Å². The van der Waals surface area contributed by atoms with Crippen molar-refractivity contribution in [1.29, 1.82) is 0 Å². The summed E-state index contributed by atoms with van der Waals surface area (Å²) in [6.45, 7) is 0. The van der Waals surface area contributed by atoms with Gasteiger partial charge in [-0.1, -0.05) is 12.2 Å².